The first-order chi connectivity index (χ1) is 14.0. The lowest BCUT2D eigenvalue weighted by molar-refractivity contribution is -0.140. The Morgan fingerprint density at radius 3 is 2.55 bits per heavy atom. The van der Waals surface area contributed by atoms with Crippen LogP contribution in [0.1, 0.15) is 17.5 Å². The molecule has 2 N–H and O–H groups in total. The van der Waals surface area contributed by atoms with Crippen molar-refractivity contribution in [2.24, 2.45) is 0 Å². The number of anilines is 2. The zero-order valence-corrected chi connectivity index (χ0v) is 17.2. The van der Waals surface area contributed by atoms with Gasteiger partial charge in [-0.1, -0.05) is 12.1 Å². The quantitative estimate of drug-likeness (QED) is 0.508. The van der Waals surface area contributed by atoms with Gasteiger partial charge in [-0.25, -0.2) is 4.79 Å². The van der Waals surface area contributed by atoms with Gasteiger partial charge in [0.15, 0.2) is 0 Å². The van der Waals surface area contributed by atoms with Gasteiger partial charge in [0.2, 0.25) is 0 Å². The molecule has 0 bridgehead atoms. The number of aryl methyl sites for hydroxylation is 1. The summed E-state index contributed by atoms with van der Waals surface area (Å²) in [4.78, 5) is 26.3. The van der Waals surface area contributed by atoms with Gasteiger partial charge < -0.3 is 15.2 Å². The number of carbonyl (C=O) groups is 2. The average molecular weight is 413 g/mol. The molecule has 7 nitrogen and oxygen atoms in total. The number of urea groups is 1. The number of hydrogen-bond donors (Lipinski definition) is 2. The van der Waals surface area contributed by atoms with Crippen LogP contribution in [0.4, 0.5) is 16.2 Å². The molecule has 0 atom stereocenters. The Balaban J connectivity index is 2.15. The predicted molar refractivity (Wildman–Crippen MR) is 113 cm³/mol. The van der Waals surface area contributed by atoms with Crippen molar-refractivity contribution in [3.8, 4) is 6.07 Å². The number of rotatable bonds is 8. The molecule has 29 heavy (non-hydrogen) atoms. The summed E-state index contributed by atoms with van der Waals surface area (Å²) >= 11 is 1.43. The van der Waals surface area contributed by atoms with E-state index in [-0.39, 0.29) is 31.6 Å². The highest BCUT2D eigenvalue weighted by atomic mass is 32.2. The maximum Gasteiger partial charge on any atom is 0.326 e. The highest BCUT2D eigenvalue weighted by Gasteiger charge is 2.17. The van der Waals surface area contributed by atoms with E-state index in [0.29, 0.717) is 23.4 Å². The number of nitrogens with one attached hydrogen (secondary N) is 1. The van der Waals surface area contributed by atoms with Gasteiger partial charge >= 0.3 is 12.0 Å². The average Bonchev–Trinajstić information content (AvgIpc) is 2.76. The Hall–Kier alpha value is -3.02. The lowest BCUT2D eigenvalue weighted by Crippen LogP contribution is -2.37. The Morgan fingerprint density at radius 1 is 1.24 bits per heavy atom. The Bertz CT molecular complexity index is 894. The normalized spacial score (nSPS) is 10.1. The first kappa shape index (κ1) is 22.3. The van der Waals surface area contributed by atoms with Crippen LogP contribution in [0.5, 0.6) is 0 Å². The summed E-state index contributed by atoms with van der Waals surface area (Å²) in [6, 6.07) is 14.0. The van der Waals surface area contributed by atoms with E-state index < -0.39 is 0 Å². The molecule has 0 saturated heterocycles. The van der Waals surface area contributed by atoms with E-state index in [4.69, 9.17) is 5.26 Å². The van der Waals surface area contributed by atoms with E-state index in [2.05, 4.69) is 16.1 Å². The number of ether oxygens (including phenoxy) is 1. The molecule has 2 aromatic carbocycles. The second-order valence-corrected chi connectivity index (χ2v) is 6.92. The zero-order chi connectivity index (χ0) is 21.2. The fraction of sp³-hybridized carbons (Fsp3) is 0.286. The molecule has 0 radical (unpaired) electrons. The summed E-state index contributed by atoms with van der Waals surface area (Å²) in [7, 11) is 1.35. The number of nitrogens with zero attached hydrogens (tertiary/aromatic N) is 2. The van der Waals surface area contributed by atoms with E-state index in [0.717, 1.165) is 10.5 Å². The highest BCUT2D eigenvalue weighted by Crippen LogP contribution is 2.27. The number of benzene rings is 2. The third-order valence-corrected chi connectivity index (χ3v) is 5.01. The molecule has 152 valence electrons. The summed E-state index contributed by atoms with van der Waals surface area (Å²) in [5.74, 6) is -0.276. The van der Waals surface area contributed by atoms with Crippen LogP contribution in [0.15, 0.2) is 47.4 Å². The van der Waals surface area contributed by atoms with Gasteiger partial charge in [0, 0.05) is 17.0 Å². The summed E-state index contributed by atoms with van der Waals surface area (Å²) in [5.41, 5.74) is 2.68. The third-order valence-electron chi connectivity index (χ3n) is 4.23. The first-order valence-electron chi connectivity index (χ1n) is 8.95. The lowest BCUT2D eigenvalue weighted by atomic mass is 10.1. The molecule has 0 fully saturated rings. The molecule has 0 unspecified atom stereocenters. The van der Waals surface area contributed by atoms with Crippen LogP contribution in [0.3, 0.4) is 0 Å². The molecule has 0 saturated carbocycles. The molecule has 2 amide bonds. The summed E-state index contributed by atoms with van der Waals surface area (Å²) < 4.78 is 4.64. The van der Waals surface area contributed by atoms with E-state index in [1.165, 1.54) is 23.8 Å². The van der Waals surface area contributed by atoms with Crippen LogP contribution in [-0.2, 0) is 16.0 Å². The van der Waals surface area contributed by atoms with Crippen LogP contribution in [0.25, 0.3) is 0 Å². The molecule has 2 rings (SSSR count). The fourth-order valence-electron chi connectivity index (χ4n) is 2.69. The zero-order valence-electron chi connectivity index (χ0n) is 16.3. The molecule has 8 heteroatoms. The van der Waals surface area contributed by atoms with Gasteiger partial charge in [-0.3, -0.25) is 9.69 Å². The molecule has 0 aromatic heterocycles. The van der Waals surface area contributed by atoms with Crippen molar-refractivity contribution in [3.63, 3.8) is 0 Å². The number of aliphatic hydroxyl groups excluding tert-OH is 1. The molecule has 2 aromatic rings. The minimum absolute atomic E-state index is 0.123. The van der Waals surface area contributed by atoms with Crippen molar-refractivity contribution in [2.45, 2.75) is 17.7 Å². The van der Waals surface area contributed by atoms with Crippen molar-refractivity contribution in [1.82, 2.24) is 0 Å². The summed E-state index contributed by atoms with van der Waals surface area (Å²) in [6.45, 7) is -0.0709. The van der Waals surface area contributed by atoms with Gasteiger partial charge in [0.05, 0.1) is 37.6 Å². The smallest absolute Gasteiger partial charge is 0.326 e. The molecule has 0 aliphatic rings. The predicted octanol–water partition coefficient (Wildman–Crippen LogP) is 3.42. The summed E-state index contributed by atoms with van der Waals surface area (Å²) in [5, 5.41) is 21.3. The van der Waals surface area contributed by atoms with Gasteiger partial charge in [-0.2, -0.15) is 5.26 Å². The number of thioether (sulfide) groups is 1. The monoisotopic (exact) mass is 413 g/mol. The number of nitriles is 1. The van der Waals surface area contributed by atoms with Crippen LogP contribution < -0.4 is 10.2 Å². The Kier molecular flexibility index (Phi) is 8.52. The number of amides is 2. The lowest BCUT2D eigenvalue weighted by Gasteiger charge is -2.23. The van der Waals surface area contributed by atoms with E-state index in [1.807, 2.05) is 18.4 Å². The molecular formula is C21H23N3O4S. The Labute approximate surface area is 174 Å². The van der Waals surface area contributed by atoms with Crippen molar-refractivity contribution in [1.29, 1.82) is 5.26 Å². The number of methoxy groups -OCH3 is 1. The second-order valence-electron chi connectivity index (χ2n) is 6.07. The number of aliphatic hydroxyl groups is 1. The van der Waals surface area contributed by atoms with Crippen molar-refractivity contribution in [2.75, 3.05) is 36.7 Å². The van der Waals surface area contributed by atoms with Crippen LogP contribution >= 0.6 is 11.8 Å². The number of esters is 1. The fourth-order valence-corrected chi connectivity index (χ4v) is 3.27. The van der Waals surface area contributed by atoms with Gasteiger partial charge in [-0.15, -0.1) is 11.8 Å². The SMILES string of the molecule is COC(=O)CCc1ccc(N(CCO)C(=O)Nc2ccc(C#N)cc2SC)cc1. The third kappa shape index (κ3) is 6.24. The number of hydrogen-bond acceptors (Lipinski definition) is 6. The van der Waals surface area contributed by atoms with Gasteiger partial charge in [-0.05, 0) is 48.6 Å². The topological polar surface area (TPSA) is 103 Å². The van der Waals surface area contributed by atoms with Crippen molar-refractivity contribution < 1.29 is 19.4 Å². The number of carbonyl (C=O) groups excluding carboxylic acids is 2. The highest BCUT2D eigenvalue weighted by molar-refractivity contribution is 7.98. The minimum Gasteiger partial charge on any atom is -0.469 e. The van der Waals surface area contributed by atoms with E-state index in [9.17, 15) is 14.7 Å². The van der Waals surface area contributed by atoms with Crippen molar-refractivity contribution in [3.05, 3.63) is 53.6 Å². The standard InChI is InChI=1S/C21H23N3O4S/c1-28-20(26)10-6-15-3-7-17(8-4-15)24(11-12-25)21(27)23-18-9-5-16(14-22)13-19(18)29-2/h3-5,7-9,13,25H,6,10-12H2,1-2H3,(H,23,27). The molecule has 0 spiro atoms. The first-order valence-corrected chi connectivity index (χ1v) is 10.2. The molecular weight excluding hydrogens is 390 g/mol. The minimum atomic E-state index is -0.388. The van der Waals surface area contributed by atoms with Crippen LogP contribution in [-0.4, -0.2) is 43.6 Å². The second kappa shape index (κ2) is 11.1. The largest absolute Gasteiger partial charge is 0.469 e. The van der Waals surface area contributed by atoms with Gasteiger partial charge in [0.25, 0.3) is 0 Å². The van der Waals surface area contributed by atoms with Gasteiger partial charge in [0.1, 0.15) is 0 Å². The molecule has 0 aliphatic heterocycles. The van der Waals surface area contributed by atoms with Crippen molar-refractivity contribution >= 4 is 35.1 Å². The van der Waals surface area contributed by atoms with Crippen LogP contribution in [0.2, 0.25) is 0 Å². The summed E-state index contributed by atoms with van der Waals surface area (Å²) in [6.07, 6.45) is 2.69. The van der Waals surface area contributed by atoms with E-state index in [1.54, 1.807) is 30.3 Å². The maximum absolute atomic E-state index is 12.8. The van der Waals surface area contributed by atoms with E-state index >= 15 is 0 Å². The van der Waals surface area contributed by atoms with Crippen LogP contribution in [0, 0.1) is 11.3 Å². The molecule has 0 aliphatic carbocycles. The maximum atomic E-state index is 12.8. The molecule has 0 heterocycles. The Morgan fingerprint density at radius 2 is 1.97 bits per heavy atom.